The maximum Gasteiger partial charge on any atom is 0.253 e. The largest absolute Gasteiger partial charge is 0.315 e. The molecule has 1 aliphatic carbocycles. The van der Waals surface area contributed by atoms with Crippen molar-refractivity contribution in [1.82, 2.24) is 4.57 Å². The van der Waals surface area contributed by atoms with Crippen molar-refractivity contribution in [3.63, 3.8) is 0 Å². The molecule has 0 bridgehead atoms. The minimum Gasteiger partial charge on any atom is -0.315 e. The molecule has 0 aliphatic heterocycles. The first-order valence-corrected chi connectivity index (χ1v) is 6.51. The zero-order valence-electron chi connectivity index (χ0n) is 9.00. The van der Waals surface area contributed by atoms with Gasteiger partial charge >= 0.3 is 0 Å². The lowest BCUT2D eigenvalue weighted by Gasteiger charge is -2.40. The second-order valence-corrected chi connectivity index (χ2v) is 5.17. The Bertz CT molecular complexity index is 401. The minimum atomic E-state index is 0.157. The Morgan fingerprint density at radius 1 is 1.53 bits per heavy atom. The summed E-state index contributed by atoms with van der Waals surface area (Å²) in [5.74, 6) is 0. The molecule has 0 amide bonds. The topological polar surface area (TPSA) is 22.0 Å². The highest BCUT2D eigenvalue weighted by Gasteiger charge is 2.36. The van der Waals surface area contributed by atoms with Crippen molar-refractivity contribution in [3.8, 4) is 0 Å². The Labute approximate surface area is 98.4 Å². The summed E-state index contributed by atoms with van der Waals surface area (Å²) < 4.78 is 1.86. The van der Waals surface area contributed by atoms with Crippen molar-refractivity contribution in [2.24, 2.45) is 5.41 Å². The van der Waals surface area contributed by atoms with Crippen LogP contribution in [0.15, 0.2) is 23.1 Å². The van der Waals surface area contributed by atoms with Crippen molar-refractivity contribution in [3.05, 3.63) is 34.2 Å². The Hall–Kier alpha value is -0.570. The van der Waals surface area contributed by atoms with Crippen molar-refractivity contribution in [2.75, 3.05) is 5.33 Å². The zero-order chi connectivity index (χ0) is 10.9. The highest BCUT2D eigenvalue weighted by Crippen LogP contribution is 2.43. The van der Waals surface area contributed by atoms with Gasteiger partial charge in [0, 0.05) is 23.6 Å². The molecule has 82 valence electrons. The molecule has 0 atom stereocenters. The lowest BCUT2D eigenvalue weighted by atomic mass is 9.70. The van der Waals surface area contributed by atoms with Gasteiger partial charge in [-0.1, -0.05) is 28.4 Å². The molecule has 1 aromatic rings. The van der Waals surface area contributed by atoms with E-state index in [9.17, 15) is 4.79 Å². The molecule has 3 heteroatoms. The van der Waals surface area contributed by atoms with Gasteiger partial charge in [-0.3, -0.25) is 4.79 Å². The van der Waals surface area contributed by atoms with E-state index in [1.54, 1.807) is 0 Å². The molecule has 0 unspecified atom stereocenters. The van der Waals surface area contributed by atoms with Crippen LogP contribution in [-0.4, -0.2) is 9.90 Å². The standard InChI is InChI=1S/C12H16BrNO/c1-10-4-2-7-14(11(10)15)9-12(8-13)5-3-6-12/h2,4,7H,3,5-6,8-9H2,1H3. The predicted octanol–water partition coefficient (Wildman–Crippen LogP) is 2.72. The van der Waals surface area contributed by atoms with E-state index in [0.717, 1.165) is 17.4 Å². The summed E-state index contributed by atoms with van der Waals surface area (Å²) in [5, 5.41) is 1.00. The van der Waals surface area contributed by atoms with E-state index in [1.165, 1.54) is 19.3 Å². The van der Waals surface area contributed by atoms with Gasteiger partial charge in [0.05, 0.1) is 0 Å². The molecule has 2 rings (SSSR count). The number of alkyl halides is 1. The van der Waals surface area contributed by atoms with Gasteiger partial charge in [0.1, 0.15) is 0 Å². The molecule has 2 nitrogen and oxygen atoms in total. The summed E-state index contributed by atoms with van der Waals surface area (Å²) in [7, 11) is 0. The normalized spacial score (nSPS) is 18.5. The molecule has 0 aromatic carbocycles. The number of hydrogen-bond acceptors (Lipinski definition) is 1. The third-order valence-corrected chi connectivity index (χ3v) is 4.60. The molecule has 0 N–H and O–H groups in total. The average Bonchev–Trinajstić information content (AvgIpc) is 2.18. The summed E-state index contributed by atoms with van der Waals surface area (Å²) in [6.07, 6.45) is 5.67. The van der Waals surface area contributed by atoms with Gasteiger partial charge in [0.2, 0.25) is 0 Å². The number of aromatic nitrogens is 1. The van der Waals surface area contributed by atoms with Gasteiger partial charge in [-0.2, -0.15) is 0 Å². The molecular formula is C12H16BrNO. The Morgan fingerprint density at radius 2 is 2.27 bits per heavy atom. The monoisotopic (exact) mass is 269 g/mol. The highest BCUT2D eigenvalue weighted by atomic mass is 79.9. The van der Waals surface area contributed by atoms with Gasteiger partial charge in [-0.15, -0.1) is 0 Å². The van der Waals surface area contributed by atoms with Crippen LogP contribution in [0, 0.1) is 12.3 Å². The maximum atomic E-state index is 11.9. The van der Waals surface area contributed by atoms with Crippen LogP contribution < -0.4 is 5.56 Å². The first-order chi connectivity index (χ1) is 7.17. The van der Waals surface area contributed by atoms with E-state index in [2.05, 4.69) is 15.9 Å². The number of pyridine rings is 1. The Morgan fingerprint density at radius 3 is 2.80 bits per heavy atom. The fraction of sp³-hybridized carbons (Fsp3) is 0.583. The number of hydrogen-bond donors (Lipinski definition) is 0. The Kier molecular flexibility index (Phi) is 3.01. The van der Waals surface area contributed by atoms with E-state index < -0.39 is 0 Å². The third-order valence-electron chi connectivity index (χ3n) is 3.41. The first-order valence-electron chi connectivity index (χ1n) is 5.39. The molecule has 0 radical (unpaired) electrons. The van der Waals surface area contributed by atoms with Crippen molar-refractivity contribution in [1.29, 1.82) is 0 Å². The highest BCUT2D eigenvalue weighted by molar-refractivity contribution is 9.09. The predicted molar refractivity (Wildman–Crippen MR) is 65.5 cm³/mol. The number of aryl methyl sites for hydroxylation is 1. The van der Waals surface area contributed by atoms with Gasteiger partial charge in [-0.25, -0.2) is 0 Å². The third kappa shape index (κ3) is 2.03. The second kappa shape index (κ2) is 4.12. The van der Waals surface area contributed by atoms with Gasteiger partial charge in [-0.05, 0) is 31.2 Å². The quantitative estimate of drug-likeness (QED) is 0.774. The number of nitrogens with zero attached hydrogens (tertiary/aromatic N) is 1. The average molecular weight is 270 g/mol. The SMILES string of the molecule is Cc1cccn(CC2(CBr)CCC2)c1=O. The van der Waals surface area contributed by atoms with E-state index in [1.807, 2.05) is 29.8 Å². The molecule has 0 spiro atoms. The smallest absolute Gasteiger partial charge is 0.253 e. The summed E-state index contributed by atoms with van der Waals surface area (Å²) in [6.45, 7) is 2.74. The van der Waals surface area contributed by atoms with Crippen molar-refractivity contribution >= 4 is 15.9 Å². The fourth-order valence-electron chi connectivity index (χ4n) is 2.15. The van der Waals surface area contributed by atoms with Crippen molar-refractivity contribution < 1.29 is 0 Å². The summed E-state index contributed by atoms with van der Waals surface area (Å²) in [6, 6.07) is 3.83. The summed E-state index contributed by atoms with van der Waals surface area (Å²) in [5.41, 5.74) is 1.32. The van der Waals surface area contributed by atoms with Gasteiger partial charge < -0.3 is 4.57 Å². The molecule has 15 heavy (non-hydrogen) atoms. The maximum absolute atomic E-state index is 11.9. The molecular weight excluding hydrogens is 254 g/mol. The Balaban J connectivity index is 2.24. The lowest BCUT2D eigenvalue weighted by molar-refractivity contribution is 0.138. The van der Waals surface area contributed by atoms with Gasteiger partial charge in [0.15, 0.2) is 0 Å². The van der Waals surface area contributed by atoms with Crippen LogP contribution in [-0.2, 0) is 6.54 Å². The van der Waals surface area contributed by atoms with E-state index in [0.29, 0.717) is 5.41 Å². The molecule has 1 aliphatic rings. The second-order valence-electron chi connectivity index (χ2n) is 4.61. The number of halogens is 1. The van der Waals surface area contributed by atoms with E-state index in [-0.39, 0.29) is 5.56 Å². The van der Waals surface area contributed by atoms with Crippen LogP contribution in [0.1, 0.15) is 24.8 Å². The van der Waals surface area contributed by atoms with Crippen LogP contribution in [0.5, 0.6) is 0 Å². The molecule has 1 heterocycles. The lowest BCUT2D eigenvalue weighted by Crippen LogP contribution is -2.39. The van der Waals surface area contributed by atoms with Crippen LogP contribution in [0.3, 0.4) is 0 Å². The fourth-order valence-corrected chi connectivity index (χ4v) is 2.89. The minimum absolute atomic E-state index is 0.157. The molecule has 1 aromatic heterocycles. The van der Waals surface area contributed by atoms with E-state index >= 15 is 0 Å². The first kappa shape index (κ1) is 10.9. The van der Waals surface area contributed by atoms with Crippen LogP contribution in [0.2, 0.25) is 0 Å². The van der Waals surface area contributed by atoms with E-state index in [4.69, 9.17) is 0 Å². The van der Waals surface area contributed by atoms with Gasteiger partial charge in [0.25, 0.3) is 5.56 Å². The molecule has 0 saturated heterocycles. The summed E-state index contributed by atoms with van der Waals surface area (Å²) in [4.78, 5) is 11.9. The number of rotatable bonds is 3. The molecule has 1 saturated carbocycles. The van der Waals surface area contributed by atoms with Crippen LogP contribution in [0.4, 0.5) is 0 Å². The summed E-state index contributed by atoms with van der Waals surface area (Å²) >= 11 is 3.57. The van der Waals surface area contributed by atoms with Crippen molar-refractivity contribution in [2.45, 2.75) is 32.7 Å². The molecule has 1 fully saturated rings. The van der Waals surface area contributed by atoms with Crippen LogP contribution in [0.25, 0.3) is 0 Å². The zero-order valence-corrected chi connectivity index (χ0v) is 10.6. The van der Waals surface area contributed by atoms with Crippen LogP contribution >= 0.6 is 15.9 Å².